The predicted molar refractivity (Wildman–Crippen MR) is 83.5 cm³/mol. The van der Waals surface area contributed by atoms with Gasteiger partial charge in [-0.15, -0.1) is 0 Å². The highest BCUT2D eigenvalue weighted by molar-refractivity contribution is 9.10. The Morgan fingerprint density at radius 3 is 2.81 bits per heavy atom. The summed E-state index contributed by atoms with van der Waals surface area (Å²) < 4.78 is 15.5. The van der Waals surface area contributed by atoms with Gasteiger partial charge in [-0.3, -0.25) is 4.68 Å². The molecule has 0 spiro atoms. The van der Waals surface area contributed by atoms with Crippen LogP contribution in [0.3, 0.4) is 0 Å². The zero-order valence-corrected chi connectivity index (χ0v) is 13.0. The number of fused-ring (bicyclic) bond motifs is 1. The number of hydrogen-bond donors (Lipinski definition) is 1. The number of aliphatic hydroxyl groups excluding tert-OH is 1. The van der Waals surface area contributed by atoms with Gasteiger partial charge in [0.1, 0.15) is 11.9 Å². The SMILES string of the molecule is Cn1nc(C(O)Cc2ccc(F)cc2Br)c2ccccc21. The number of rotatable bonds is 3. The zero-order valence-electron chi connectivity index (χ0n) is 11.4. The number of hydrogen-bond acceptors (Lipinski definition) is 2. The van der Waals surface area contributed by atoms with Crippen LogP contribution in [0.1, 0.15) is 17.4 Å². The van der Waals surface area contributed by atoms with Crippen LogP contribution in [0.4, 0.5) is 4.39 Å². The molecule has 3 nitrogen and oxygen atoms in total. The molecule has 3 aromatic rings. The van der Waals surface area contributed by atoms with E-state index in [9.17, 15) is 9.50 Å². The van der Waals surface area contributed by atoms with E-state index in [0.29, 0.717) is 16.6 Å². The minimum absolute atomic E-state index is 0.302. The second-order valence-corrected chi connectivity index (χ2v) is 5.84. The van der Waals surface area contributed by atoms with Crippen molar-refractivity contribution in [3.05, 3.63) is 64.0 Å². The summed E-state index contributed by atoms with van der Waals surface area (Å²) in [5, 5.41) is 15.8. The molecule has 0 aliphatic heterocycles. The van der Waals surface area contributed by atoms with E-state index in [1.807, 2.05) is 31.3 Å². The van der Waals surface area contributed by atoms with Crippen molar-refractivity contribution in [2.24, 2.45) is 7.05 Å². The molecule has 1 unspecified atom stereocenters. The summed E-state index contributed by atoms with van der Waals surface area (Å²) >= 11 is 3.33. The lowest BCUT2D eigenvalue weighted by Gasteiger charge is -2.10. The number of aliphatic hydroxyl groups is 1. The lowest BCUT2D eigenvalue weighted by atomic mass is 10.0. The van der Waals surface area contributed by atoms with Gasteiger partial charge in [-0.2, -0.15) is 5.10 Å². The van der Waals surface area contributed by atoms with Crippen LogP contribution in [-0.4, -0.2) is 14.9 Å². The Morgan fingerprint density at radius 1 is 1.29 bits per heavy atom. The monoisotopic (exact) mass is 348 g/mol. The lowest BCUT2D eigenvalue weighted by molar-refractivity contribution is 0.174. The van der Waals surface area contributed by atoms with Crippen molar-refractivity contribution >= 4 is 26.8 Å². The maximum atomic E-state index is 13.1. The molecular weight excluding hydrogens is 335 g/mol. The molecule has 0 saturated heterocycles. The summed E-state index contributed by atoms with van der Waals surface area (Å²) in [6.07, 6.45) is -0.361. The average Bonchev–Trinajstić information content (AvgIpc) is 2.80. The predicted octanol–water partition coefficient (Wildman–Crippen LogP) is 3.75. The van der Waals surface area contributed by atoms with Crippen molar-refractivity contribution in [3.8, 4) is 0 Å². The Kier molecular flexibility index (Phi) is 3.78. The summed E-state index contributed by atoms with van der Waals surface area (Å²) in [7, 11) is 1.85. The molecule has 1 aromatic heterocycles. The summed E-state index contributed by atoms with van der Waals surface area (Å²) in [6.45, 7) is 0. The van der Waals surface area contributed by atoms with E-state index >= 15 is 0 Å². The van der Waals surface area contributed by atoms with Gasteiger partial charge < -0.3 is 5.11 Å². The van der Waals surface area contributed by atoms with Crippen LogP contribution >= 0.6 is 15.9 Å². The second-order valence-electron chi connectivity index (χ2n) is 4.98. The fourth-order valence-corrected chi connectivity index (χ4v) is 2.99. The van der Waals surface area contributed by atoms with Gasteiger partial charge >= 0.3 is 0 Å². The van der Waals surface area contributed by atoms with Gasteiger partial charge in [0.15, 0.2) is 0 Å². The van der Waals surface area contributed by atoms with E-state index in [2.05, 4.69) is 21.0 Å². The molecule has 0 fully saturated rings. The Balaban J connectivity index is 1.95. The quantitative estimate of drug-likeness (QED) is 0.782. The van der Waals surface area contributed by atoms with Crippen LogP contribution in [0.2, 0.25) is 0 Å². The minimum Gasteiger partial charge on any atom is -0.386 e. The Morgan fingerprint density at radius 2 is 2.05 bits per heavy atom. The zero-order chi connectivity index (χ0) is 15.0. The number of nitrogens with zero attached hydrogens (tertiary/aromatic N) is 2. The molecule has 21 heavy (non-hydrogen) atoms. The first-order valence-corrected chi connectivity index (χ1v) is 7.39. The molecule has 1 heterocycles. The summed E-state index contributed by atoms with van der Waals surface area (Å²) in [5.74, 6) is -0.302. The van der Waals surface area contributed by atoms with Crippen molar-refractivity contribution in [1.82, 2.24) is 9.78 Å². The van der Waals surface area contributed by atoms with Gasteiger partial charge in [0.25, 0.3) is 0 Å². The van der Waals surface area contributed by atoms with E-state index in [4.69, 9.17) is 0 Å². The van der Waals surface area contributed by atoms with Gasteiger partial charge in [-0.05, 0) is 23.8 Å². The van der Waals surface area contributed by atoms with Crippen molar-refractivity contribution < 1.29 is 9.50 Å². The largest absolute Gasteiger partial charge is 0.386 e. The molecule has 3 rings (SSSR count). The van der Waals surface area contributed by atoms with Crippen LogP contribution in [0.5, 0.6) is 0 Å². The molecule has 1 N–H and O–H groups in total. The van der Waals surface area contributed by atoms with Crippen LogP contribution in [-0.2, 0) is 13.5 Å². The topological polar surface area (TPSA) is 38.0 Å². The number of benzene rings is 2. The fourth-order valence-electron chi connectivity index (χ4n) is 2.48. The molecule has 0 radical (unpaired) electrons. The molecule has 0 amide bonds. The van der Waals surface area contributed by atoms with E-state index in [-0.39, 0.29) is 5.82 Å². The van der Waals surface area contributed by atoms with Crippen molar-refractivity contribution in [2.75, 3.05) is 0 Å². The Labute approximate surface area is 130 Å². The average molecular weight is 349 g/mol. The highest BCUT2D eigenvalue weighted by Gasteiger charge is 2.18. The maximum absolute atomic E-state index is 13.1. The number of halogens is 2. The number of aryl methyl sites for hydroxylation is 1. The normalized spacial score (nSPS) is 12.8. The molecular formula is C16H14BrFN2O. The fraction of sp³-hybridized carbons (Fsp3) is 0.188. The van der Waals surface area contributed by atoms with Crippen LogP contribution in [0, 0.1) is 5.82 Å². The van der Waals surface area contributed by atoms with Crippen molar-refractivity contribution in [3.63, 3.8) is 0 Å². The highest BCUT2D eigenvalue weighted by atomic mass is 79.9. The van der Waals surface area contributed by atoms with Gasteiger partial charge in [-0.1, -0.05) is 40.2 Å². The summed E-state index contributed by atoms with van der Waals surface area (Å²) in [5.41, 5.74) is 2.47. The molecule has 0 bridgehead atoms. The Hall–Kier alpha value is -1.72. The molecule has 0 aliphatic carbocycles. The molecule has 0 aliphatic rings. The summed E-state index contributed by atoms with van der Waals surface area (Å²) in [4.78, 5) is 0. The third kappa shape index (κ3) is 2.71. The van der Waals surface area contributed by atoms with E-state index in [1.165, 1.54) is 12.1 Å². The van der Waals surface area contributed by atoms with Crippen molar-refractivity contribution in [2.45, 2.75) is 12.5 Å². The van der Waals surface area contributed by atoms with E-state index < -0.39 is 6.10 Å². The molecule has 2 aromatic carbocycles. The second kappa shape index (κ2) is 5.58. The maximum Gasteiger partial charge on any atom is 0.124 e. The first-order chi connectivity index (χ1) is 10.1. The van der Waals surface area contributed by atoms with Crippen molar-refractivity contribution in [1.29, 1.82) is 0 Å². The number of aromatic nitrogens is 2. The smallest absolute Gasteiger partial charge is 0.124 e. The van der Waals surface area contributed by atoms with Gasteiger partial charge in [0.2, 0.25) is 0 Å². The summed E-state index contributed by atoms with van der Waals surface area (Å²) in [6, 6.07) is 12.2. The van der Waals surface area contributed by atoms with E-state index in [1.54, 1.807) is 10.7 Å². The molecule has 0 saturated carbocycles. The van der Waals surface area contributed by atoms with Crippen LogP contribution in [0.25, 0.3) is 10.9 Å². The van der Waals surface area contributed by atoms with Gasteiger partial charge in [-0.25, -0.2) is 4.39 Å². The minimum atomic E-state index is -0.738. The van der Waals surface area contributed by atoms with Crippen LogP contribution < -0.4 is 0 Å². The number of para-hydroxylation sites is 1. The van der Waals surface area contributed by atoms with Gasteiger partial charge in [0.05, 0.1) is 11.2 Å². The lowest BCUT2D eigenvalue weighted by Crippen LogP contribution is -2.04. The Bertz CT molecular complexity index is 800. The molecule has 1 atom stereocenters. The third-order valence-electron chi connectivity index (χ3n) is 3.53. The molecule has 5 heteroatoms. The first-order valence-electron chi connectivity index (χ1n) is 6.60. The highest BCUT2D eigenvalue weighted by Crippen LogP contribution is 2.28. The standard InChI is InChI=1S/C16H14BrFN2O/c1-20-14-5-3-2-4-12(14)16(19-20)15(21)8-10-6-7-11(18)9-13(10)17/h2-7,9,15,21H,8H2,1H3. The van der Waals surface area contributed by atoms with Gasteiger partial charge in [0, 0.05) is 23.3 Å². The third-order valence-corrected chi connectivity index (χ3v) is 4.27. The van der Waals surface area contributed by atoms with E-state index in [0.717, 1.165) is 16.5 Å². The molecule has 108 valence electrons. The first kappa shape index (κ1) is 14.2. The van der Waals surface area contributed by atoms with Crippen LogP contribution in [0.15, 0.2) is 46.9 Å².